The molecule has 0 radical (unpaired) electrons. The van der Waals surface area contributed by atoms with Crippen LogP contribution in [0.15, 0.2) is 18.2 Å². The average Bonchev–Trinajstić information content (AvgIpc) is 3.01. The molecule has 2 aromatic rings. The van der Waals surface area contributed by atoms with Gasteiger partial charge in [0.15, 0.2) is 5.82 Å². The molecule has 6 heteroatoms. The van der Waals surface area contributed by atoms with E-state index in [1.165, 1.54) is 0 Å². The van der Waals surface area contributed by atoms with Crippen LogP contribution >= 0.6 is 11.6 Å². The lowest BCUT2D eigenvalue weighted by atomic mass is 10.1. The Bertz CT molecular complexity index is 594. The molecule has 1 aliphatic heterocycles. The SMILES string of the molecule is Cc1cc(-c2nc(N3CCC(N)C3)n[nH]2)ccc1Cl. The van der Waals surface area contributed by atoms with E-state index in [1.807, 2.05) is 25.1 Å². The van der Waals surface area contributed by atoms with Crippen molar-refractivity contribution in [3.05, 3.63) is 28.8 Å². The first-order valence-electron chi connectivity index (χ1n) is 6.33. The molecule has 1 saturated heterocycles. The lowest BCUT2D eigenvalue weighted by Gasteiger charge is -2.11. The predicted molar refractivity (Wildman–Crippen MR) is 76.4 cm³/mol. The highest BCUT2D eigenvalue weighted by Crippen LogP contribution is 2.24. The van der Waals surface area contributed by atoms with Gasteiger partial charge >= 0.3 is 0 Å². The molecule has 0 bridgehead atoms. The van der Waals surface area contributed by atoms with Crippen LogP contribution in [0.5, 0.6) is 0 Å². The van der Waals surface area contributed by atoms with E-state index in [4.69, 9.17) is 17.3 Å². The molecule has 100 valence electrons. The number of H-pyrrole nitrogens is 1. The smallest absolute Gasteiger partial charge is 0.245 e. The summed E-state index contributed by atoms with van der Waals surface area (Å²) in [7, 11) is 0. The van der Waals surface area contributed by atoms with Crippen LogP contribution in [0.2, 0.25) is 5.02 Å². The van der Waals surface area contributed by atoms with Gasteiger partial charge in [0.2, 0.25) is 5.95 Å². The molecular weight excluding hydrogens is 262 g/mol. The van der Waals surface area contributed by atoms with Gasteiger partial charge in [0.05, 0.1) is 0 Å². The van der Waals surface area contributed by atoms with Gasteiger partial charge in [-0.25, -0.2) is 0 Å². The fourth-order valence-electron chi connectivity index (χ4n) is 2.28. The monoisotopic (exact) mass is 277 g/mol. The number of aromatic amines is 1. The number of aryl methyl sites for hydroxylation is 1. The Morgan fingerprint density at radius 1 is 1.47 bits per heavy atom. The van der Waals surface area contributed by atoms with E-state index >= 15 is 0 Å². The molecule has 1 aromatic heterocycles. The third-order valence-corrected chi connectivity index (χ3v) is 3.84. The number of nitrogens with zero attached hydrogens (tertiary/aromatic N) is 3. The van der Waals surface area contributed by atoms with E-state index in [0.29, 0.717) is 0 Å². The summed E-state index contributed by atoms with van der Waals surface area (Å²) in [5.74, 6) is 1.48. The van der Waals surface area contributed by atoms with Crippen molar-refractivity contribution in [2.45, 2.75) is 19.4 Å². The van der Waals surface area contributed by atoms with Gasteiger partial charge in [0.25, 0.3) is 0 Å². The topological polar surface area (TPSA) is 70.8 Å². The lowest BCUT2D eigenvalue weighted by Crippen LogP contribution is -2.26. The summed E-state index contributed by atoms with van der Waals surface area (Å²) >= 11 is 6.02. The first kappa shape index (κ1) is 12.4. The highest BCUT2D eigenvalue weighted by atomic mass is 35.5. The Morgan fingerprint density at radius 3 is 3.00 bits per heavy atom. The maximum atomic E-state index is 6.02. The quantitative estimate of drug-likeness (QED) is 0.880. The highest BCUT2D eigenvalue weighted by Gasteiger charge is 2.22. The first-order chi connectivity index (χ1) is 9.13. The van der Waals surface area contributed by atoms with Gasteiger partial charge < -0.3 is 10.6 Å². The van der Waals surface area contributed by atoms with Crippen molar-refractivity contribution in [3.8, 4) is 11.4 Å². The maximum Gasteiger partial charge on any atom is 0.245 e. The van der Waals surface area contributed by atoms with Gasteiger partial charge in [0, 0.05) is 29.7 Å². The van der Waals surface area contributed by atoms with Crippen LogP contribution < -0.4 is 10.6 Å². The van der Waals surface area contributed by atoms with Crippen molar-refractivity contribution < 1.29 is 0 Å². The first-order valence-corrected chi connectivity index (χ1v) is 6.71. The predicted octanol–water partition coefficient (Wildman–Crippen LogP) is 1.97. The average molecular weight is 278 g/mol. The van der Waals surface area contributed by atoms with E-state index in [0.717, 1.165) is 47.4 Å². The minimum absolute atomic E-state index is 0.222. The second-order valence-corrected chi connectivity index (χ2v) is 5.35. The molecule has 0 aliphatic carbocycles. The molecule has 1 aliphatic rings. The van der Waals surface area contributed by atoms with Crippen molar-refractivity contribution in [2.24, 2.45) is 5.73 Å². The number of nitrogens with one attached hydrogen (secondary N) is 1. The van der Waals surface area contributed by atoms with Gasteiger partial charge in [-0.15, -0.1) is 5.10 Å². The Balaban J connectivity index is 1.86. The molecular formula is C13H16ClN5. The number of hydrogen-bond donors (Lipinski definition) is 2. The summed E-state index contributed by atoms with van der Waals surface area (Å²) < 4.78 is 0. The Kier molecular flexibility index (Phi) is 3.16. The van der Waals surface area contributed by atoms with E-state index in [2.05, 4.69) is 20.1 Å². The van der Waals surface area contributed by atoms with Crippen LogP contribution in [0.1, 0.15) is 12.0 Å². The zero-order chi connectivity index (χ0) is 13.4. The standard InChI is InChI=1S/C13H16ClN5/c1-8-6-9(2-3-11(8)14)12-16-13(18-17-12)19-5-4-10(15)7-19/h2-3,6,10H,4-5,7,15H2,1H3,(H,16,17,18). The molecule has 3 N–H and O–H groups in total. The van der Waals surface area contributed by atoms with Crippen molar-refractivity contribution in [2.75, 3.05) is 18.0 Å². The molecule has 2 heterocycles. The van der Waals surface area contributed by atoms with Crippen LogP contribution in [0.3, 0.4) is 0 Å². The fraction of sp³-hybridized carbons (Fsp3) is 0.385. The van der Waals surface area contributed by atoms with Crippen molar-refractivity contribution in [1.82, 2.24) is 15.2 Å². The summed E-state index contributed by atoms with van der Waals surface area (Å²) in [6.45, 7) is 3.71. The largest absolute Gasteiger partial charge is 0.338 e. The van der Waals surface area contributed by atoms with Gasteiger partial charge in [-0.2, -0.15) is 4.98 Å². The van der Waals surface area contributed by atoms with Crippen LogP contribution in [0.4, 0.5) is 5.95 Å². The number of hydrogen-bond acceptors (Lipinski definition) is 4. The molecule has 5 nitrogen and oxygen atoms in total. The van der Waals surface area contributed by atoms with Crippen LogP contribution in [0, 0.1) is 6.92 Å². The van der Waals surface area contributed by atoms with Gasteiger partial charge in [-0.05, 0) is 37.1 Å². The van der Waals surface area contributed by atoms with Gasteiger partial charge in [-0.1, -0.05) is 11.6 Å². The zero-order valence-electron chi connectivity index (χ0n) is 10.7. The Labute approximate surface area is 116 Å². The minimum atomic E-state index is 0.222. The minimum Gasteiger partial charge on any atom is -0.338 e. The van der Waals surface area contributed by atoms with Crippen LogP contribution in [-0.2, 0) is 0 Å². The van der Waals surface area contributed by atoms with Gasteiger partial charge in [0.1, 0.15) is 0 Å². The molecule has 1 fully saturated rings. The maximum absolute atomic E-state index is 6.02. The summed E-state index contributed by atoms with van der Waals surface area (Å²) in [6.07, 6.45) is 0.990. The Morgan fingerprint density at radius 2 is 2.32 bits per heavy atom. The summed E-state index contributed by atoms with van der Waals surface area (Å²) in [5, 5.41) is 7.99. The number of anilines is 1. The van der Waals surface area contributed by atoms with E-state index in [9.17, 15) is 0 Å². The highest BCUT2D eigenvalue weighted by molar-refractivity contribution is 6.31. The molecule has 1 unspecified atom stereocenters. The fourth-order valence-corrected chi connectivity index (χ4v) is 2.40. The van der Waals surface area contributed by atoms with Crippen molar-refractivity contribution in [1.29, 1.82) is 0 Å². The zero-order valence-corrected chi connectivity index (χ0v) is 11.5. The summed E-state index contributed by atoms with van der Waals surface area (Å²) in [6, 6.07) is 6.04. The molecule has 0 spiro atoms. The lowest BCUT2D eigenvalue weighted by molar-refractivity contribution is 0.750. The molecule has 0 amide bonds. The van der Waals surface area contributed by atoms with Crippen LogP contribution in [0.25, 0.3) is 11.4 Å². The van der Waals surface area contributed by atoms with E-state index in [1.54, 1.807) is 0 Å². The normalized spacial score (nSPS) is 19.1. The second kappa shape index (κ2) is 4.83. The van der Waals surface area contributed by atoms with Crippen molar-refractivity contribution in [3.63, 3.8) is 0 Å². The molecule has 3 rings (SSSR count). The molecule has 0 saturated carbocycles. The number of aromatic nitrogens is 3. The van der Waals surface area contributed by atoms with Crippen molar-refractivity contribution >= 4 is 17.5 Å². The second-order valence-electron chi connectivity index (χ2n) is 4.94. The van der Waals surface area contributed by atoms with E-state index < -0.39 is 0 Å². The molecule has 19 heavy (non-hydrogen) atoms. The number of nitrogens with two attached hydrogens (primary N) is 1. The van der Waals surface area contributed by atoms with Gasteiger partial charge in [-0.3, -0.25) is 5.10 Å². The molecule has 1 atom stereocenters. The summed E-state index contributed by atoms with van der Waals surface area (Å²) in [4.78, 5) is 6.63. The van der Waals surface area contributed by atoms with Crippen LogP contribution in [-0.4, -0.2) is 34.3 Å². The number of benzene rings is 1. The Hall–Kier alpha value is -1.59. The number of halogens is 1. The van der Waals surface area contributed by atoms with E-state index in [-0.39, 0.29) is 6.04 Å². The summed E-state index contributed by atoms with van der Waals surface area (Å²) in [5.41, 5.74) is 7.91. The third kappa shape index (κ3) is 2.43. The number of rotatable bonds is 2. The molecule has 1 aromatic carbocycles. The third-order valence-electron chi connectivity index (χ3n) is 3.41.